The minimum Gasteiger partial charge on any atom is -0.508 e. The summed E-state index contributed by atoms with van der Waals surface area (Å²) in [7, 11) is 1.51. The average molecular weight is 275 g/mol. The van der Waals surface area contributed by atoms with E-state index in [0.29, 0.717) is 15.8 Å². The Hall–Kier alpha value is -1.07. The molecule has 0 unspecified atom stereocenters. The lowest BCUT2D eigenvalue weighted by Crippen LogP contribution is -2.00. The van der Waals surface area contributed by atoms with Crippen molar-refractivity contribution in [2.75, 3.05) is 13.9 Å². The van der Waals surface area contributed by atoms with E-state index in [0.717, 1.165) is 6.29 Å². The first kappa shape index (κ1) is 12.0. The van der Waals surface area contributed by atoms with Gasteiger partial charge in [-0.25, -0.2) is 0 Å². The molecule has 0 aliphatic heterocycles. The second kappa shape index (κ2) is 5.72. The van der Waals surface area contributed by atoms with E-state index in [1.54, 1.807) is 6.07 Å². The summed E-state index contributed by atoms with van der Waals surface area (Å²) in [4.78, 5) is 10.3. The smallest absolute Gasteiger partial charge is 0.188 e. The van der Waals surface area contributed by atoms with E-state index < -0.39 is 0 Å². The van der Waals surface area contributed by atoms with Crippen molar-refractivity contribution in [2.24, 2.45) is 0 Å². The van der Waals surface area contributed by atoms with Crippen molar-refractivity contribution in [1.82, 2.24) is 0 Å². The summed E-state index contributed by atoms with van der Waals surface area (Å²) in [5.41, 5.74) is 0.557. The molecular formula is C10H11BrO4. The minimum absolute atomic E-state index is 0.0383. The monoisotopic (exact) mass is 274 g/mol. The van der Waals surface area contributed by atoms with Gasteiger partial charge in [-0.15, -0.1) is 0 Å². The minimum atomic E-state index is 0.0383. The Morgan fingerprint density at radius 3 is 2.87 bits per heavy atom. The Labute approximate surface area is 95.9 Å². The van der Waals surface area contributed by atoms with E-state index >= 15 is 0 Å². The molecule has 0 saturated carbocycles. The normalized spacial score (nSPS) is 10.0. The van der Waals surface area contributed by atoms with Gasteiger partial charge >= 0.3 is 0 Å². The van der Waals surface area contributed by atoms with E-state index in [1.165, 1.54) is 13.2 Å². The molecule has 0 aliphatic carbocycles. The molecule has 1 rings (SSSR count). The molecule has 0 radical (unpaired) electrons. The topological polar surface area (TPSA) is 55.8 Å². The van der Waals surface area contributed by atoms with Crippen LogP contribution in [0.25, 0.3) is 0 Å². The number of phenolic OH excluding ortho intramolecular Hbond substituents is 1. The molecule has 1 aromatic rings. The molecule has 0 heterocycles. The van der Waals surface area contributed by atoms with Crippen molar-refractivity contribution in [3.8, 4) is 11.5 Å². The van der Waals surface area contributed by atoms with Crippen LogP contribution in [0.4, 0.5) is 0 Å². The van der Waals surface area contributed by atoms with Crippen molar-refractivity contribution in [1.29, 1.82) is 0 Å². The zero-order chi connectivity index (χ0) is 11.3. The highest BCUT2D eigenvalue weighted by Crippen LogP contribution is 2.32. The number of aldehydes is 1. The summed E-state index contributed by atoms with van der Waals surface area (Å²) >= 11 is 3.27. The zero-order valence-corrected chi connectivity index (χ0v) is 9.78. The maximum atomic E-state index is 10.3. The van der Waals surface area contributed by atoms with Crippen LogP contribution in [-0.2, 0) is 16.0 Å². The zero-order valence-electron chi connectivity index (χ0n) is 8.20. The largest absolute Gasteiger partial charge is 0.508 e. The fourth-order valence-corrected chi connectivity index (χ4v) is 1.58. The Balaban J connectivity index is 2.91. The molecule has 1 aromatic carbocycles. The fraction of sp³-hybridized carbons (Fsp3) is 0.300. The lowest BCUT2D eigenvalue weighted by atomic mass is 10.1. The van der Waals surface area contributed by atoms with Gasteiger partial charge in [-0.05, 0) is 22.0 Å². The Morgan fingerprint density at radius 1 is 1.53 bits per heavy atom. The average Bonchev–Trinajstić information content (AvgIpc) is 2.21. The molecule has 0 saturated heterocycles. The van der Waals surface area contributed by atoms with Crippen molar-refractivity contribution < 1.29 is 19.4 Å². The Bertz CT molecular complexity index is 352. The number of benzene rings is 1. The van der Waals surface area contributed by atoms with Crippen LogP contribution in [0, 0.1) is 0 Å². The number of halogens is 1. The molecule has 0 aliphatic rings. The summed E-state index contributed by atoms with van der Waals surface area (Å²) in [5.74, 6) is 0.514. The van der Waals surface area contributed by atoms with Crippen LogP contribution in [0.1, 0.15) is 5.56 Å². The van der Waals surface area contributed by atoms with Crippen LogP contribution >= 0.6 is 15.9 Å². The summed E-state index contributed by atoms with van der Waals surface area (Å²) in [6, 6.07) is 3.09. The first-order chi connectivity index (χ1) is 7.19. The van der Waals surface area contributed by atoms with E-state index in [2.05, 4.69) is 15.9 Å². The third kappa shape index (κ3) is 3.21. The highest BCUT2D eigenvalue weighted by atomic mass is 79.9. The van der Waals surface area contributed by atoms with Crippen molar-refractivity contribution in [3.05, 3.63) is 22.2 Å². The molecule has 82 valence electrons. The van der Waals surface area contributed by atoms with Gasteiger partial charge in [0, 0.05) is 25.2 Å². The highest BCUT2D eigenvalue weighted by molar-refractivity contribution is 9.10. The third-order valence-corrected chi connectivity index (χ3v) is 2.39. The summed E-state index contributed by atoms with van der Waals surface area (Å²) in [6.45, 7) is 0.102. The third-order valence-electron chi connectivity index (χ3n) is 1.77. The van der Waals surface area contributed by atoms with Gasteiger partial charge in [-0.2, -0.15) is 0 Å². The molecule has 0 fully saturated rings. The van der Waals surface area contributed by atoms with Crippen molar-refractivity contribution in [3.63, 3.8) is 0 Å². The number of carbonyl (C=O) groups is 1. The maximum absolute atomic E-state index is 10.3. The molecule has 0 spiro atoms. The Kier molecular flexibility index (Phi) is 4.58. The van der Waals surface area contributed by atoms with Gasteiger partial charge in [0.15, 0.2) is 6.79 Å². The van der Waals surface area contributed by atoms with Gasteiger partial charge in [0.2, 0.25) is 0 Å². The highest BCUT2D eigenvalue weighted by Gasteiger charge is 2.08. The van der Waals surface area contributed by atoms with Crippen LogP contribution in [0.5, 0.6) is 11.5 Å². The number of aromatic hydroxyl groups is 1. The van der Waals surface area contributed by atoms with Gasteiger partial charge < -0.3 is 19.4 Å². The van der Waals surface area contributed by atoms with Crippen LogP contribution < -0.4 is 4.74 Å². The molecular weight excluding hydrogens is 264 g/mol. The van der Waals surface area contributed by atoms with Crippen molar-refractivity contribution >= 4 is 22.2 Å². The fourth-order valence-electron chi connectivity index (χ4n) is 1.07. The summed E-state index contributed by atoms with van der Waals surface area (Å²) in [6.07, 6.45) is 0.909. The van der Waals surface area contributed by atoms with E-state index in [4.69, 9.17) is 9.47 Å². The number of phenols is 1. The van der Waals surface area contributed by atoms with Crippen molar-refractivity contribution in [2.45, 2.75) is 6.42 Å². The Morgan fingerprint density at radius 2 is 2.27 bits per heavy atom. The molecule has 4 nitrogen and oxygen atoms in total. The lowest BCUT2D eigenvalue weighted by Gasteiger charge is -2.09. The van der Waals surface area contributed by atoms with Gasteiger partial charge in [0.1, 0.15) is 17.8 Å². The molecule has 0 atom stereocenters. The molecule has 0 amide bonds. The second-order valence-corrected chi connectivity index (χ2v) is 3.69. The molecule has 5 heteroatoms. The standard InChI is InChI=1S/C10H11BrO4/c1-14-6-15-10-5-9(13)7(2-3-12)4-8(10)11/h3-5,13H,2,6H2,1H3. The van der Waals surface area contributed by atoms with Gasteiger partial charge in [0.05, 0.1) is 4.47 Å². The van der Waals surface area contributed by atoms with Gasteiger partial charge in [0.25, 0.3) is 0 Å². The number of methoxy groups -OCH3 is 1. The van der Waals surface area contributed by atoms with E-state index in [-0.39, 0.29) is 19.0 Å². The second-order valence-electron chi connectivity index (χ2n) is 2.83. The number of hydrogen-bond acceptors (Lipinski definition) is 4. The van der Waals surface area contributed by atoms with Crippen LogP contribution in [0.15, 0.2) is 16.6 Å². The molecule has 1 N–H and O–H groups in total. The maximum Gasteiger partial charge on any atom is 0.188 e. The van der Waals surface area contributed by atoms with Crippen LogP contribution in [-0.4, -0.2) is 25.3 Å². The summed E-state index contributed by atoms with van der Waals surface area (Å²) in [5, 5.41) is 9.55. The van der Waals surface area contributed by atoms with E-state index in [1.807, 2.05) is 0 Å². The first-order valence-electron chi connectivity index (χ1n) is 4.25. The van der Waals surface area contributed by atoms with Crippen LogP contribution in [0.3, 0.4) is 0 Å². The predicted molar refractivity (Wildman–Crippen MR) is 58.1 cm³/mol. The first-order valence-corrected chi connectivity index (χ1v) is 5.05. The predicted octanol–water partition coefficient (Wildman–Crippen LogP) is 1.88. The quantitative estimate of drug-likeness (QED) is 0.658. The molecule has 0 bridgehead atoms. The van der Waals surface area contributed by atoms with E-state index in [9.17, 15) is 9.90 Å². The summed E-state index contributed by atoms with van der Waals surface area (Å²) < 4.78 is 10.6. The molecule has 0 aromatic heterocycles. The number of carbonyl (C=O) groups excluding carboxylic acids is 1. The van der Waals surface area contributed by atoms with Crippen LogP contribution in [0.2, 0.25) is 0 Å². The SMILES string of the molecule is COCOc1cc(O)c(CC=O)cc1Br. The number of hydrogen-bond donors (Lipinski definition) is 1. The number of ether oxygens (including phenoxy) is 2. The molecule has 15 heavy (non-hydrogen) atoms. The lowest BCUT2D eigenvalue weighted by molar-refractivity contribution is -0.107. The van der Waals surface area contributed by atoms with Gasteiger partial charge in [-0.1, -0.05) is 0 Å². The van der Waals surface area contributed by atoms with Gasteiger partial charge in [-0.3, -0.25) is 0 Å². The number of rotatable bonds is 5.